The number of amides is 1. The number of pyridine rings is 1. The summed E-state index contributed by atoms with van der Waals surface area (Å²) in [7, 11) is 0. The van der Waals surface area contributed by atoms with Crippen molar-refractivity contribution in [3.63, 3.8) is 0 Å². The number of halogens is 1. The van der Waals surface area contributed by atoms with Crippen molar-refractivity contribution >= 4 is 23.2 Å². The van der Waals surface area contributed by atoms with Gasteiger partial charge >= 0.3 is 0 Å². The van der Waals surface area contributed by atoms with Gasteiger partial charge in [0.05, 0.1) is 30.5 Å². The smallest absolute Gasteiger partial charge is 0.231 e. The van der Waals surface area contributed by atoms with Crippen LogP contribution in [0.2, 0.25) is 5.15 Å². The van der Waals surface area contributed by atoms with Gasteiger partial charge in [-0.15, -0.1) is 0 Å². The van der Waals surface area contributed by atoms with Crippen LogP contribution in [0.3, 0.4) is 0 Å². The van der Waals surface area contributed by atoms with E-state index in [1.54, 1.807) is 12.1 Å². The first-order valence-electron chi connectivity index (χ1n) is 6.37. The summed E-state index contributed by atoms with van der Waals surface area (Å²) in [4.78, 5) is 16.4. The van der Waals surface area contributed by atoms with Crippen molar-refractivity contribution in [2.24, 2.45) is 5.92 Å². The van der Waals surface area contributed by atoms with Crippen LogP contribution < -0.4 is 10.6 Å². The first-order valence-corrected chi connectivity index (χ1v) is 6.74. The van der Waals surface area contributed by atoms with Gasteiger partial charge in [0.2, 0.25) is 5.91 Å². The molecule has 2 heterocycles. The Morgan fingerprint density at radius 2 is 2.32 bits per heavy atom. The SMILES string of the molecule is CCNC1COCC1C(=O)Nc1ccc(Cl)nc1C. The zero-order valence-corrected chi connectivity index (χ0v) is 11.8. The first-order chi connectivity index (χ1) is 9.11. The zero-order chi connectivity index (χ0) is 13.8. The maximum Gasteiger partial charge on any atom is 0.231 e. The van der Waals surface area contributed by atoms with Crippen LogP contribution in [0.25, 0.3) is 0 Å². The highest BCUT2D eigenvalue weighted by Crippen LogP contribution is 2.19. The number of carbonyl (C=O) groups is 1. The molecular weight excluding hydrogens is 266 g/mol. The molecule has 2 N–H and O–H groups in total. The van der Waals surface area contributed by atoms with Crippen molar-refractivity contribution in [1.29, 1.82) is 0 Å². The lowest BCUT2D eigenvalue weighted by Crippen LogP contribution is -2.41. The molecule has 1 aliphatic heterocycles. The number of anilines is 1. The molecule has 6 heteroatoms. The van der Waals surface area contributed by atoms with E-state index in [2.05, 4.69) is 15.6 Å². The minimum Gasteiger partial charge on any atom is -0.379 e. The van der Waals surface area contributed by atoms with Gasteiger partial charge < -0.3 is 15.4 Å². The molecule has 0 bridgehead atoms. The van der Waals surface area contributed by atoms with Crippen LogP contribution in [0.15, 0.2) is 12.1 Å². The highest BCUT2D eigenvalue weighted by atomic mass is 35.5. The third-order valence-corrected chi connectivity index (χ3v) is 3.40. The minimum absolute atomic E-state index is 0.0457. The van der Waals surface area contributed by atoms with Crippen LogP contribution in [-0.2, 0) is 9.53 Å². The monoisotopic (exact) mass is 283 g/mol. The van der Waals surface area contributed by atoms with Gasteiger partial charge in [0.15, 0.2) is 0 Å². The number of rotatable bonds is 4. The molecule has 2 unspecified atom stereocenters. The summed E-state index contributed by atoms with van der Waals surface area (Å²) in [5.41, 5.74) is 1.40. The predicted octanol–water partition coefficient (Wildman–Crippen LogP) is 1.61. The van der Waals surface area contributed by atoms with Crippen LogP contribution in [0.5, 0.6) is 0 Å². The largest absolute Gasteiger partial charge is 0.379 e. The Hall–Kier alpha value is -1.17. The molecule has 1 amide bonds. The highest BCUT2D eigenvalue weighted by Gasteiger charge is 2.33. The van der Waals surface area contributed by atoms with Gasteiger partial charge in [0.1, 0.15) is 5.15 Å². The second kappa shape index (κ2) is 6.32. The Balaban J connectivity index is 2.04. The molecule has 1 aliphatic rings. The number of nitrogens with zero attached hydrogens (tertiary/aromatic N) is 1. The summed E-state index contributed by atoms with van der Waals surface area (Å²) >= 11 is 5.79. The topological polar surface area (TPSA) is 63.2 Å². The fraction of sp³-hybridized carbons (Fsp3) is 0.538. The molecule has 1 saturated heterocycles. The van der Waals surface area contributed by atoms with Crippen LogP contribution in [0, 0.1) is 12.8 Å². The van der Waals surface area contributed by atoms with Gasteiger partial charge in [-0.05, 0) is 25.6 Å². The summed E-state index contributed by atoms with van der Waals surface area (Å²) in [6.07, 6.45) is 0. The standard InChI is InChI=1S/C13H18ClN3O2/c1-3-15-11-7-19-6-9(11)13(18)17-10-4-5-12(14)16-8(10)2/h4-5,9,11,15H,3,6-7H2,1-2H3,(H,17,18). The predicted molar refractivity (Wildman–Crippen MR) is 74.4 cm³/mol. The molecule has 2 rings (SSSR count). The third-order valence-electron chi connectivity index (χ3n) is 3.19. The van der Waals surface area contributed by atoms with Crippen molar-refractivity contribution in [2.45, 2.75) is 19.9 Å². The number of carbonyl (C=O) groups excluding carboxylic acids is 1. The molecule has 1 aromatic rings. The van der Waals surface area contributed by atoms with E-state index in [0.717, 1.165) is 6.54 Å². The lowest BCUT2D eigenvalue weighted by Gasteiger charge is -2.18. The Morgan fingerprint density at radius 1 is 1.53 bits per heavy atom. The minimum atomic E-state index is -0.171. The summed E-state index contributed by atoms with van der Waals surface area (Å²) in [5, 5.41) is 6.57. The second-order valence-electron chi connectivity index (χ2n) is 4.56. The van der Waals surface area contributed by atoms with E-state index in [1.807, 2.05) is 13.8 Å². The third kappa shape index (κ3) is 3.43. The van der Waals surface area contributed by atoms with E-state index < -0.39 is 0 Å². The van der Waals surface area contributed by atoms with Crippen LogP contribution in [0.1, 0.15) is 12.6 Å². The van der Waals surface area contributed by atoms with E-state index in [9.17, 15) is 4.79 Å². The number of ether oxygens (including phenoxy) is 1. The van der Waals surface area contributed by atoms with Crippen molar-refractivity contribution in [3.8, 4) is 0 Å². The lowest BCUT2D eigenvalue weighted by molar-refractivity contribution is -0.120. The highest BCUT2D eigenvalue weighted by molar-refractivity contribution is 6.29. The lowest BCUT2D eigenvalue weighted by atomic mass is 10.0. The molecule has 0 aliphatic carbocycles. The number of hydrogen-bond donors (Lipinski definition) is 2. The molecular formula is C13H18ClN3O2. The van der Waals surface area contributed by atoms with Crippen molar-refractivity contribution in [1.82, 2.24) is 10.3 Å². The number of hydrogen-bond acceptors (Lipinski definition) is 4. The maximum absolute atomic E-state index is 12.2. The van der Waals surface area contributed by atoms with Crippen molar-refractivity contribution in [2.75, 3.05) is 25.1 Å². The summed E-state index contributed by atoms with van der Waals surface area (Å²) in [5.74, 6) is -0.217. The number of aryl methyl sites for hydroxylation is 1. The molecule has 1 fully saturated rings. The average Bonchev–Trinajstić information content (AvgIpc) is 2.81. The molecule has 2 atom stereocenters. The zero-order valence-electron chi connectivity index (χ0n) is 11.1. The molecule has 5 nitrogen and oxygen atoms in total. The van der Waals surface area contributed by atoms with Gasteiger partial charge in [0, 0.05) is 6.04 Å². The molecule has 0 spiro atoms. The van der Waals surface area contributed by atoms with Crippen LogP contribution in [-0.4, -0.2) is 36.7 Å². The summed E-state index contributed by atoms with van der Waals surface area (Å²) in [6, 6.07) is 3.50. The van der Waals surface area contributed by atoms with E-state index in [1.165, 1.54) is 0 Å². The Kier molecular flexibility index (Phi) is 4.74. The molecule has 0 aromatic carbocycles. The normalized spacial score (nSPS) is 22.5. The number of aromatic nitrogens is 1. The summed E-state index contributed by atoms with van der Waals surface area (Å²) in [6.45, 7) is 5.67. The molecule has 0 saturated carbocycles. The van der Waals surface area contributed by atoms with E-state index >= 15 is 0 Å². The van der Waals surface area contributed by atoms with Crippen LogP contribution in [0.4, 0.5) is 5.69 Å². The molecule has 104 valence electrons. The van der Waals surface area contributed by atoms with Gasteiger partial charge in [-0.1, -0.05) is 18.5 Å². The first kappa shape index (κ1) is 14.2. The molecule has 0 radical (unpaired) electrons. The number of nitrogens with one attached hydrogen (secondary N) is 2. The Labute approximate surface area is 117 Å². The Morgan fingerprint density at radius 3 is 3.00 bits per heavy atom. The van der Waals surface area contributed by atoms with E-state index in [4.69, 9.17) is 16.3 Å². The quantitative estimate of drug-likeness (QED) is 0.824. The fourth-order valence-corrected chi connectivity index (χ4v) is 2.35. The van der Waals surface area contributed by atoms with Crippen molar-refractivity contribution in [3.05, 3.63) is 23.0 Å². The average molecular weight is 284 g/mol. The van der Waals surface area contributed by atoms with E-state index in [0.29, 0.717) is 29.7 Å². The van der Waals surface area contributed by atoms with Gasteiger partial charge in [-0.3, -0.25) is 4.79 Å². The van der Waals surface area contributed by atoms with Gasteiger partial charge in [-0.2, -0.15) is 0 Å². The van der Waals surface area contributed by atoms with Gasteiger partial charge in [0.25, 0.3) is 0 Å². The van der Waals surface area contributed by atoms with Gasteiger partial charge in [-0.25, -0.2) is 4.98 Å². The molecule has 19 heavy (non-hydrogen) atoms. The Bertz CT molecular complexity index is 467. The fourth-order valence-electron chi connectivity index (χ4n) is 2.16. The molecule has 1 aromatic heterocycles. The summed E-state index contributed by atoms with van der Waals surface area (Å²) < 4.78 is 5.37. The van der Waals surface area contributed by atoms with Crippen molar-refractivity contribution < 1.29 is 9.53 Å². The van der Waals surface area contributed by atoms with E-state index in [-0.39, 0.29) is 17.9 Å². The second-order valence-corrected chi connectivity index (χ2v) is 4.95. The maximum atomic E-state index is 12.2. The number of likely N-dealkylation sites (N-methyl/N-ethyl adjacent to an activating group) is 1. The van der Waals surface area contributed by atoms with Crippen LogP contribution >= 0.6 is 11.6 Å².